The number of fused-ring (bicyclic) bond motifs is 1. The van der Waals surface area contributed by atoms with Crippen LogP contribution < -0.4 is 4.74 Å². The Bertz CT molecular complexity index is 529. The number of carbonyl (C=O) groups excluding carboxylic acids is 2. The van der Waals surface area contributed by atoms with E-state index in [9.17, 15) is 9.59 Å². The lowest BCUT2D eigenvalue weighted by Gasteiger charge is -2.16. The third kappa shape index (κ3) is 2.14. The minimum atomic E-state index is -0.255. The van der Waals surface area contributed by atoms with E-state index in [1.807, 2.05) is 6.92 Å². The molecule has 0 saturated carbocycles. The fraction of sp³-hybridized carbons (Fsp3) is 0.286. The number of benzene rings is 1. The SMILES string of the molecule is CCOC1=CC(=O)c2cc(OCC)ccc2C1=O. The van der Waals surface area contributed by atoms with Gasteiger partial charge in [0.05, 0.1) is 13.2 Å². The predicted molar refractivity (Wildman–Crippen MR) is 66.0 cm³/mol. The summed E-state index contributed by atoms with van der Waals surface area (Å²) in [5, 5.41) is 0. The Balaban J connectivity index is 2.41. The normalized spacial score (nSPS) is 14.0. The highest BCUT2D eigenvalue weighted by molar-refractivity contribution is 6.23. The summed E-state index contributed by atoms with van der Waals surface area (Å²) in [7, 11) is 0. The standard InChI is InChI=1S/C14H14O4/c1-3-17-9-5-6-10-11(7-9)12(15)8-13(14(10)16)18-4-2/h5-8H,3-4H2,1-2H3. The molecule has 1 aliphatic carbocycles. The Labute approximate surface area is 105 Å². The molecule has 0 aromatic heterocycles. The smallest absolute Gasteiger partial charge is 0.228 e. The number of hydrogen-bond donors (Lipinski definition) is 0. The lowest BCUT2D eigenvalue weighted by Crippen LogP contribution is -2.18. The summed E-state index contributed by atoms with van der Waals surface area (Å²) in [6, 6.07) is 4.88. The summed E-state index contributed by atoms with van der Waals surface area (Å²) in [5.74, 6) is 0.217. The van der Waals surface area contributed by atoms with Crippen LogP contribution in [0.25, 0.3) is 0 Å². The highest BCUT2D eigenvalue weighted by Gasteiger charge is 2.26. The van der Waals surface area contributed by atoms with Crippen molar-refractivity contribution in [1.29, 1.82) is 0 Å². The van der Waals surface area contributed by atoms with Gasteiger partial charge in [-0.05, 0) is 32.0 Å². The van der Waals surface area contributed by atoms with E-state index in [1.165, 1.54) is 6.08 Å². The van der Waals surface area contributed by atoms with Gasteiger partial charge in [-0.2, -0.15) is 0 Å². The van der Waals surface area contributed by atoms with Crippen molar-refractivity contribution in [2.45, 2.75) is 13.8 Å². The van der Waals surface area contributed by atoms with E-state index in [0.29, 0.717) is 30.1 Å². The van der Waals surface area contributed by atoms with E-state index in [4.69, 9.17) is 9.47 Å². The van der Waals surface area contributed by atoms with Crippen LogP contribution >= 0.6 is 0 Å². The van der Waals surface area contributed by atoms with Crippen molar-refractivity contribution in [3.8, 4) is 5.75 Å². The quantitative estimate of drug-likeness (QED) is 0.818. The molecule has 2 rings (SSSR count). The van der Waals surface area contributed by atoms with Gasteiger partial charge in [0.15, 0.2) is 11.5 Å². The minimum absolute atomic E-state index is 0.110. The molecule has 1 aliphatic rings. The lowest BCUT2D eigenvalue weighted by atomic mass is 9.93. The van der Waals surface area contributed by atoms with Crippen molar-refractivity contribution in [2.24, 2.45) is 0 Å². The van der Waals surface area contributed by atoms with Crippen LogP contribution in [0.1, 0.15) is 34.6 Å². The second-order valence-electron chi connectivity index (χ2n) is 3.78. The van der Waals surface area contributed by atoms with Crippen molar-refractivity contribution in [3.63, 3.8) is 0 Å². The number of hydrogen-bond acceptors (Lipinski definition) is 4. The summed E-state index contributed by atoms with van der Waals surface area (Å²) in [4.78, 5) is 23.9. The van der Waals surface area contributed by atoms with E-state index < -0.39 is 0 Å². The molecule has 1 aromatic rings. The zero-order valence-corrected chi connectivity index (χ0v) is 10.4. The maximum absolute atomic E-state index is 12.0. The molecule has 94 valence electrons. The minimum Gasteiger partial charge on any atom is -0.494 e. The van der Waals surface area contributed by atoms with Crippen LogP contribution in [0.15, 0.2) is 30.0 Å². The van der Waals surface area contributed by atoms with Crippen molar-refractivity contribution in [1.82, 2.24) is 0 Å². The van der Waals surface area contributed by atoms with Gasteiger partial charge in [0, 0.05) is 17.2 Å². The maximum atomic E-state index is 12.0. The fourth-order valence-corrected chi connectivity index (χ4v) is 1.84. The summed E-state index contributed by atoms with van der Waals surface area (Å²) >= 11 is 0. The largest absolute Gasteiger partial charge is 0.494 e. The molecule has 4 nitrogen and oxygen atoms in total. The first-order valence-electron chi connectivity index (χ1n) is 5.87. The van der Waals surface area contributed by atoms with Crippen molar-refractivity contribution in [3.05, 3.63) is 41.2 Å². The van der Waals surface area contributed by atoms with E-state index in [1.54, 1.807) is 25.1 Å². The maximum Gasteiger partial charge on any atom is 0.228 e. The summed E-state index contributed by atoms with van der Waals surface area (Å²) < 4.78 is 10.5. The Morgan fingerprint density at radius 1 is 1.00 bits per heavy atom. The van der Waals surface area contributed by atoms with Crippen LogP contribution in [0, 0.1) is 0 Å². The number of ketones is 2. The van der Waals surface area contributed by atoms with E-state index >= 15 is 0 Å². The fourth-order valence-electron chi connectivity index (χ4n) is 1.84. The molecule has 4 heteroatoms. The van der Waals surface area contributed by atoms with E-state index in [0.717, 1.165) is 0 Å². The molecule has 18 heavy (non-hydrogen) atoms. The molecule has 0 unspecified atom stereocenters. The number of Topliss-reactive ketones (excluding diaryl/α,β-unsaturated/α-hetero) is 1. The van der Waals surface area contributed by atoms with Gasteiger partial charge in [-0.15, -0.1) is 0 Å². The monoisotopic (exact) mass is 246 g/mol. The molecule has 0 aliphatic heterocycles. The first-order valence-corrected chi connectivity index (χ1v) is 5.87. The molecule has 0 N–H and O–H groups in total. The average Bonchev–Trinajstić information content (AvgIpc) is 2.36. The summed E-state index contributed by atoms with van der Waals surface area (Å²) in [6.07, 6.45) is 1.24. The van der Waals surface area contributed by atoms with Crippen molar-refractivity contribution < 1.29 is 19.1 Å². The Kier molecular flexibility index (Phi) is 3.46. The van der Waals surface area contributed by atoms with Gasteiger partial charge < -0.3 is 9.47 Å². The number of ether oxygens (including phenoxy) is 2. The number of allylic oxidation sites excluding steroid dienone is 2. The summed E-state index contributed by atoms with van der Waals surface area (Å²) in [6.45, 7) is 4.50. The lowest BCUT2D eigenvalue weighted by molar-refractivity contribution is 0.0891. The molecule has 0 amide bonds. The van der Waals surface area contributed by atoms with Gasteiger partial charge in [0.1, 0.15) is 5.75 Å². The molecule has 0 saturated heterocycles. The Hall–Kier alpha value is -2.10. The van der Waals surface area contributed by atoms with Crippen LogP contribution in [0.3, 0.4) is 0 Å². The van der Waals surface area contributed by atoms with Crippen LogP contribution in [0.2, 0.25) is 0 Å². The Morgan fingerprint density at radius 3 is 2.39 bits per heavy atom. The second-order valence-corrected chi connectivity index (χ2v) is 3.78. The summed E-state index contributed by atoms with van der Waals surface area (Å²) in [5.41, 5.74) is 0.740. The molecule has 0 bridgehead atoms. The van der Waals surface area contributed by atoms with Crippen LogP contribution in [-0.2, 0) is 4.74 Å². The number of carbonyl (C=O) groups is 2. The van der Waals surface area contributed by atoms with Crippen molar-refractivity contribution in [2.75, 3.05) is 13.2 Å². The molecular formula is C14H14O4. The highest BCUT2D eigenvalue weighted by atomic mass is 16.5. The molecule has 0 fully saturated rings. The van der Waals surface area contributed by atoms with E-state index in [-0.39, 0.29) is 17.3 Å². The van der Waals surface area contributed by atoms with Gasteiger partial charge in [-0.1, -0.05) is 0 Å². The first kappa shape index (κ1) is 12.4. The average molecular weight is 246 g/mol. The van der Waals surface area contributed by atoms with Crippen LogP contribution in [0.4, 0.5) is 0 Å². The molecular weight excluding hydrogens is 232 g/mol. The molecule has 0 radical (unpaired) electrons. The van der Waals surface area contributed by atoms with Gasteiger partial charge in [0.25, 0.3) is 0 Å². The first-order chi connectivity index (χ1) is 8.67. The highest BCUT2D eigenvalue weighted by Crippen LogP contribution is 2.25. The zero-order chi connectivity index (χ0) is 13.1. The third-order valence-electron chi connectivity index (χ3n) is 2.60. The Morgan fingerprint density at radius 2 is 1.72 bits per heavy atom. The number of rotatable bonds is 4. The topological polar surface area (TPSA) is 52.6 Å². The van der Waals surface area contributed by atoms with Gasteiger partial charge in [-0.25, -0.2) is 0 Å². The molecule has 0 heterocycles. The predicted octanol–water partition coefficient (Wildman–Crippen LogP) is 2.38. The molecule has 0 spiro atoms. The van der Waals surface area contributed by atoms with Gasteiger partial charge in [0.2, 0.25) is 5.78 Å². The van der Waals surface area contributed by atoms with Gasteiger partial charge in [-0.3, -0.25) is 9.59 Å². The second kappa shape index (κ2) is 5.04. The molecule has 0 atom stereocenters. The molecule has 1 aromatic carbocycles. The van der Waals surface area contributed by atoms with Gasteiger partial charge >= 0.3 is 0 Å². The third-order valence-corrected chi connectivity index (χ3v) is 2.60. The van der Waals surface area contributed by atoms with Crippen LogP contribution in [0.5, 0.6) is 5.75 Å². The zero-order valence-electron chi connectivity index (χ0n) is 10.4. The van der Waals surface area contributed by atoms with Crippen LogP contribution in [-0.4, -0.2) is 24.8 Å². The van der Waals surface area contributed by atoms with E-state index in [2.05, 4.69) is 0 Å². The van der Waals surface area contributed by atoms with Crippen molar-refractivity contribution >= 4 is 11.6 Å².